The van der Waals surface area contributed by atoms with Crippen molar-refractivity contribution in [1.29, 1.82) is 0 Å². The highest BCUT2D eigenvalue weighted by Crippen LogP contribution is 2.40. The zero-order valence-corrected chi connectivity index (χ0v) is 16.3. The van der Waals surface area contributed by atoms with Gasteiger partial charge in [-0.2, -0.15) is 0 Å². The molecular weight excluding hydrogens is 374 g/mol. The number of amides is 2. The molecule has 2 heterocycles. The fraction of sp³-hybridized carbons (Fsp3) is 0.0909. The van der Waals surface area contributed by atoms with Crippen molar-refractivity contribution in [1.82, 2.24) is 0 Å². The summed E-state index contributed by atoms with van der Waals surface area (Å²) in [6, 6.07) is 21.2. The van der Waals surface area contributed by atoms with Crippen LogP contribution in [0.2, 0.25) is 0 Å². The topological polar surface area (TPSA) is 37.4 Å². The van der Waals surface area contributed by atoms with Crippen molar-refractivity contribution in [3.63, 3.8) is 0 Å². The standard InChI is InChI=1S/C22H17NO2S2/c1-15-9-11-17(12-10-15)23-21(24)19(18-8-5-13-26-18)20(22(23)25)27-14-16-6-3-2-4-7-16/h2-13H,14H2,1H3. The van der Waals surface area contributed by atoms with Crippen LogP contribution >= 0.6 is 23.1 Å². The van der Waals surface area contributed by atoms with Gasteiger partial charge in [0.2, 0.25) is 0 Å². The number of aryl methyl sites for hydroxylation is 1. The number of benzene rings is 2. The minimum absolute atomic E-state index is 0.242. The fourth-order valence-electron chi connectivity index (χ4n) is 2.94. The summed E-state index contributed by atoms with van der Waals surface area (Å²) in [5.74, 6) is 0.154. The average Bonchev–Trinajstić information content (AvgIpc) is 3.28. The second kappa shape index (κ2) is 7.55. The van der Waals surface area contributed by atoms with Crippen LogP contribution in [0, 0.1) is 6.92 Å². The number of hydrogen-bond acceptors (Lipinski definition) is 4. The molecule has 0 aliphatic carbocycles. The molecule has 0 unspecified atom stereocenters. The van der Waals surface area contributed by atoms with Crippen LogP contribution in [0.25, 0.3) is 5.57 Å². The van der Waals surface area contributed by atoms with E-state index < -0.39 is 0 Å². The Morgan fingerprint density at radius 2 is 1.63 bits per heavy atom. The van der Waals surface area contributed by atoms with E-state index in [4.69, 9.17) is 0 Å². The number of carbonyl (C=O) groups excluding carboxylic acids is 2. The second-order valence-corrected chi connectivity index (χ2v) is 8.17. The van der Waals surface area contributed by atoms with Gasteiger partial charge in [0.05, 0.1) is 16.2 Å². The molecule has 3 nitrogen and oxygen atoms in total. The molecule has 1 aliphatic rings. The summed E-state index contributed by atoms with van der Waals surface area (Å²) in [5, 5.41) is 1.92. The molecule has 0 N–H and O–H groups in total. The Morgan fingerprint density at radius 3 is 2.30 bits per heavy atom. The molecule has 0 fully saturated rings. The van der Waals surface area contributed by atoms with Crippen LogP contribution < -0.4 is 4.90 Å². The van der Waals surface area contributed by atoms with Crippen molar-refractivity contribution in [3.8, 4) is 0 Å². The molecule has 0 bridgehead atoms. The largest absolute Gasteiger partial charge is 0.272 e. The third-order valence-electron chi connectivity index (χ3n) is 4.33. The number of carbonyl (C=O) groups is 2. The lowest BCUT2D eigenvalue weighted by Gasteiger charge is -2.15. The average molecular weight is 392 g/mol. The van der Waals surface area contributed by atoms with Gasteiger partial charge in [-0.1, -0.05) is 54.1 Å². The highest BCUT2D eigenvalue weighted by atomic mass is 32.2. The third kappa shape index (κ3) is 3.48. The Balaban J connectivity index is 1.70. The van der Waals surface area contributed by atoms with Crippen LogP contribution in [0.3, 0.4) is 0 Å². The van der Waals surface area contributed by atoms with Crippen molar-refractivity contribution in [2.24, 2.45) is 0 Å². The first-order chi connectivity index (χ1) is 13.1. The zero-order valence-electron chi connectivity index (χ0n) is 14.7. The van der Waals surface area contributed by atoms with E-state index in [1.807, 2.05) is 79.0 Å². The Labute approximate surface area is 166 Å². The fourth-order valence-corrected chi connectivity index (χ4v) is 4.83. The van der Waals surface area contributed by atoms with Crippen LogP contribution in [-0.2, 0) is 15.3 Å². The summed E-state index contributed by atoms with van der Waals surface area (Å²) in [6.07, 6.45) is 0. The Morgan fingerprint density at radius 1 is 0.889 bits per heavy atom. The van der Waals surface area contributed by atoms with Gasteiger partial charge in [0, 0.05) is 10.6 Å². The molecule has 1 aromatic heterocycles. The molecule has 27 heavy (non-hydrogen) atoms. The Kier molecular flexibility index (Phi) is 4.97. The van der Waals surface area contributed by atoms with Gasteiger partial charge in [0.15, 0.2) is 0 Å². The summed E-state index contributed by atoms with van der Waals surface area (Å²) >= 11 is 2.91. The summed E-state index contributed by atoms with van der Waals surface area (Å²) in [4.78, 5) is 29.0. The van der Waals surface area contributed by atoms with Gasteiger partial charge in [-0.15, -0.1) is 23.1 Å². The minimum Gasteiger partial charge on any atom is -0.268 e. The van der Waals surface area contributed by atoms with Gasteiger partial charge in [-0.25, -0.2) is 4.90 Å². The Bertz CT molecular complexity index is 1010. The second-order valence-electron chi connectivity index (χ2n) is 6.24. The highest BCUT2D eigenvalue weighted by Gasteiger charge is 2.40. The van der Waals surface area contributed by atoms with Gasteiger partial charge >= 0.3 is 0 Å². The van der Waals surface area contributed by atoms with Gasteiger partial charge < -0.3 is 0 Å². The molecule has 0 spiro atoms. The van der Waals surface area contributed by atoms with Gasteiger partial charge in [-0.3, -0.25) is 9.59 Å². The lowest BCUT2D eigenvalue weighted by atomic mass is 10.2. The predicted octanol–water partition coefficient (Wildman–Crippen LogP) is 5.27. The maximum absolute atomic E-state index is 13.2. The smallest absolute Gasteiger partial charge is 0.268 e. The summed E-state index contributed by atoms with van der Waals surface area (Å²) in [5.41, 5.74) is 3.33. The maximum atomic E-state index is 13.2. The quantitative estimate of drug-likeness (QED) is 0.556. The monoisotopic (exact) mass is 391 g/mol. The molecule has 0 saturated carbocycles. The zero-order chi connectivity index (χ0) is 18.8. The van der Waals surface area contributed by atoms with E-state index in [0.29, 0.717) is 21.9 Å². The first kappa shape index (κ1) is 17.8. The maximum Gasteiger partial charge on any atom is 0.272 e. The van der Waals surface area contributed by atoms with Crippen molar-refractivity contribution < 1.29 is 9.59 Å². The normalized spacial score (nSPS) is 14.3. The van der Waals surface area contributed by atoms with Crippen molar-refractivity contribution in [2.75, 3.05) is 4.90 Å². The van der Waals surface area contributed by atoms with Crippen molar-refractivity contribution in [3.05, 3.63) is 93.0 Å². The third-order valence-corrected chi connectivity index (χ3v) is 6.36. The van der Waals surface area contributed by atoms with Gasteiger partial charge in [0.25, 0.3) is 11.8 Å². The van der Waals surface area contributed by atoms with E-state index >= 15 is 0 Å². The van der Waals surface area contributed by atoms with Crippen LogP contribution in [-0.4, -0.2) is 11.8 Å². The van der Waals surface area contributed by atoms with E-state index in [2.05, 4.69) is 0 Å². The lowest BCUT2D eigenvalue weighted by molar-refractivity contribution is -0.119. The lowest BCUT2D eigenvalue weighted by Crippen LogP contribution is -2.31. The summed E-state index contributed by atoms with van der Waals surface area (Å²) in [6.45, 7) is 1.98. The number of nitrogens with zero attached hydrogens (tertiary/aromatic N) is 1. The SMILES string of the molecule is Cc1ccc(N2C(=O)C(SCc3ccccc3)=C(c3cccs3)C2=O)cc1. The van der Waals surface area contributed by atoms with Crippen molar-refractivity contribution >= 4 is 46.2 Å². The van der Waals surface area contributed by atoms with E-state index in [-0.39, 0.29) is 11.8 Å². The molecule has 5 heteroatoms. The molecule has 4 rings (SSSR count). The highest BCUT2D eigenvalue weighted by molar-refractivity contribution is 8.03. The van der Waals surface area contributed by atoms with Gasteiger partial charge in [-0.05, 0) is 36.1 Å². The predicted molar refractivity (Wildman–Crippen MR) is 113 cm³/mol. The number of imide groups is 1. The number of thiophene rings is 1. The molecule has 0 radical (unpaired) electrons. The van der Waals surface area contributed by atoms with Crippen LogP contribution in [0.15, 0.2) is 77.0 Å². The van der Waals surface area contributed by atoms with Crippen LogP contribution in [0.4, 0.5) is 5.69 Å². The minimum atomic E-state index is -0.248. The van der Waals surface area contributed by atoms with Crippen LogP contribution in [0.5, 0.6) is 0 Å². The van der Waals surface area contributed by atoms with E-state index in [9.17, 15) is 9.59 Å². The van der Waals surface area contributed by atoms with Gasteiger partial charge in [0.1, 0.15) is 0 Å². The first-order valence-electron chi connectivity index (χ1n) is 8.55. The van der Waals surface area contributed by atoms with Crippen LogP contribution in [0.1, 0.15) is 16.0 Å². The molecule has 1 aliphatic heterocycles. The summed E-state index contributed by atoms with van der Waals surface area (Å²) in [7, 11) is 0. The number of anilines is 1. The Hall–Kier alpha value is -2.63. The molecule has 3 aromatic rings. The molecular formula is C22H17NO2S2. The van der Waals surface area contributed by atoms with Crippen molar-refractivity contribution in [2.45, 2.75) is 12.7 Å². The number of hydrogen-bond donors (Lipinski definition) is 0. The molecule has 2 aromatic carbocycles. The molecule has 0 atom stereocenters. The van der Waals surface area contributed by atoms with E-state index in [1.165, 1.54) is 28.0 Å². The molecule has 0 saturated heterocycles. The molecule has 2 amide bonds. The number of thioether (sulfide) groups is 1. The van der Waals surface area contributed by atoms with E-state index in [1.54, 1.807) is 0 Å². The molecule has 134 valence electrons. The number of rotatable bonds is 5. The summed E-state index contributed by atoms with van der Waals surface area (Å²) < 4.78 is 0. The first-order valence-corrected chi connectivity index (χ1v) is 10.4. The van der Waals surface area contributed by atoms with E-state index in [0.717, 1.165) is 16.0 Å².